The minimum Gasteiger partial charge on any atom is -0.480 e. The van der Waals surface area contributed by atoms with Crippen LogP contribution in [0.4, 0.5) is 0 Å². The third kappa shape index (κ3) is 4.73. The van der Waals surface area contributed by atoms with Crippen molar-refractivity contribution in [1.29, 1.82) is 0 Å². The molecule has 0 aromatic heterocycles. The molecule has 1 atom stereocenters. The Labute approximate surface area is 67.3 Å². The molecule has 2 nitrogen and oxygen atoms in total. The third-order valence-electron chi connectivity index (χ3n) is 0.859. The molecule has 4 heteroatoms. The zero-order valence-electron chi connectivity index (χ0n) is 4.81. The van der Waals surface area contributed by atoms with E-state index in [1.807, 2.05) is 0 Å². The van der Waals surface area contributed by atoms with Gasteiger partial charge >= 0.3 is 5.97 Å². The van der Waals surface area contributed by atoms with E-state index in [9.17, 15) is 4.79 Å². The number of rotatable bonds is 4. The highest BCUT2D eigenvalue weighted by Gasteiger charge is 2.10. The molecule has 9 heavy (non-hydrogen) atoms. The number of aliphatic carboxylic acids is 1. The topological polar surface area (TPSA) is 37.3 Å². The van der Waals surface area contributed by atoms with Gasteiger partial charge in [0.05, 0.1) is 0 Å². The highest BCUT2D eigenvalue weighted by molar-refractivity contribution is 9.10. The maximum absolute atomic E-state index is 10.1. The van der Waals surface area contributed by atoms with Crippen molar-refractivity contribution < 1.29 is 9.90 Å². The van der Waals surface area contributed by atoms with Crippen LogP contribution in [0.2, 0.25) is 0 Å². The predicted octanol–water partition coefficient (Wildman–Crippen LogP) is 1.85. The molecule has 0 spiro atoms. The Balaban J connectivity index is 3.27. The smallest absolute Gasteiger partial charge is 0.317 e. The van der Waals surface area contributed by atoms with Crippen molar-refractivity contribution in [3.8, 4) is 0 Å². The van der Waals surface area contributed by atoms with Crippen LogP contribution in [0.15, 0.2) is 0 Å². The summed E-state index contributed by atoms with van der Waals surface area (Å²) in [5, 5.41) is 8.32. The number of carbonyl (C=O) groups is 1. The molecule has 0 radical (unpaired) electrons. The lowest BCUT2D eigenvalue weighted by molar-refractivity contribution is -0.136. The van der Waals surface area contributed by atoms with Crippen LogP contribution in [0.1, 0.15) is 12.8 Å². The molecule has 0 saturated heterocycles. The number of hydrogen-bond donors (Lipinski definition) is 1. The average molecular weight is 215 g/mol. The van der Waals surface area contributed by atoms with Crippen LogP contribution in [0, 0.1) is 0 Å². The number of carboxylic acids is 1. The Bertz CT molecular complexity index is 97.0. The van der Waals surface area contributed by atoms with Gasteiger partial charge < -0.3 is 5.11 Å². The fourth-order valence-electron chi connectivity index (χ4n) is 0.380. The first-order valence-electron chi connectivity index (χ1n) is 2.61. The fraction of sp³-hybridized carbons (Fsp3) is 0.800. The zero-order chi connectivity index (χ0) is 7.28. The Kier molecular flexibility index (Phi) is 5.19. The quantitative estimate of drug-likeness (QED) is 0.727. The molecular formula is C5H8BrClO2. The van der Waals surface area contributed by atoms with Crippen molar-refractivity contribution in [1.82, 2.24) is 0 Å². The molecule has 0 aromatic carbocycles. The van der Waals surface area contributed by atoms with Crippen molar-refractivity contribution in [2.24, 2.45) is 0 Å². The van der Waals surface area contributed by atoms with Gasteiger partial charge in [-0.1, -0.05) is 15.9 Å². The van der Waals surface area contributed by atoms with E-state index in [0.29, 0.717) is 12.3 Å². The highest BCUT2D eigenvalue weighted by Crippen LogP contribution is 2.08. The SMILES string of the molecule is O=C(O)C(Br)CCCCl. The number of carboxylic acid groups (broad SMARTS) is 1. The van der Waals surface area contributed by atoms with Crippen LogP contribution >= 0.6 is 27.5 Å². The van der Waals surface area contributed by atoms with Gasteiger partial charge in [-0.3, -0.25) is 4.79 Å². The molecule has 1 unspecified atom stereocenters. The number of alkyl halides is 2. The summed E-state index contributed by atoms with van der Waals surface area (Å²) in [4.78, 5) is 9.68. The second-order valence-corrected chi connectivity index (χ2v) is 3.12. The van der Waals surface area contributed by atoms with Gasteiger partial charge in [-0.15, -0.1) is 11.6 Å². The maximum Gasteiger partial charge on any atom is 0.317 e. The van der Waals surface area contributed by atoms with Gasteiger partial charge in [-0.05, 0) is 12.8 Å². The van der Waals surface area contributed by atoms with Crippen LogP contribution in [0.5, 0.6) is 0 Å². The summed E-state index contributed by atoms with van der Waals surface area (Å²) in [6.45, 7) is 0. The monoisotopic (exact) mass is 214 g/mol. The van der Waals surface area contributed by atoms with Gasteiger partial charge in [-0.2, -0.15) is 0 Å². The molecular weight excluding hydrogens is 207 g/mol. The lowest BCUT2D eigenvalue weighted by atomic mass is 10.2. The van der Waals surface area contributed by atoms with E-state index >= 15 is 0 Å². The van der Waals surface area contributed by atoms with Crippen LogP contribution in [-0.4, -0.2) is 21.8 Å². The van der Waals surface area contributed by atoms with Gasteiger partial charge in [0, 0.05) is 5.88 Å². The first-order valence-corrected chi connectivity index (χ1v) is 4.06. The lowest BCUT2D eigenvalue weighted by Gasteiger charge is -1.99. The van der Waals surface area contributed by atoms with Crippen molar-refractivity contribution in [2.75, 3.05) is 5.88 Å². The Hall–Kier alpha value is 0.240. The summed E-state index contributed by atoms with van der Waals surface area (Å²) in [5.41, 5.74) is 0. The first kappa shape index (κ1) is 9.24. The second-order valence-electron chi connectivity index (χ2n) is 1.64. The molecule has 0 saturated carbocycles. The third-order valence-corrected chi connectivity index (χ3v) is 1.98. The van der Waals surface area contributed by atoms with Crippen molar-refractivity contribution in [3.63, 3.8) is 0 Å². The van der Waals surface area contributed by atoms with E-state index in [1.165, 1.54) is 0 Å². The molecule has 0 aromatic rings. The summed E-state index contributed by atoms with van der Waals surface area (Å²) in [5.74, 6) is -0.296. The van der Waals surface area contributed by atoms with Gasteiger partial charge in [0.15, 0.2) is 0 Å². The Morgan fingerprint density at radius 3 is 2.67 bits per heavy atom. The average Bonchev–Trinajstić information content (AvgIpc) is 1.82. The van der Waals surface area contributed by atoms with E-state index in [-0.39, 0.29) is 0 Å². The number of hydrogen-bond acceptors (Lipinski definition) is 1. The Morgan fingerprint density at radius 1 is 1.78 bits per heavy atom. The molecule has 54 valence electrons. The maximum atomic E-state index is 10.1. The molecule has 0 bridgehead atoms. The minimum absolute atomic E-state index is 0.434. The van der Waals surface area contributed by atoms with Crippen LogP contribution in [0.25, 0.3) is 0 Å². The zero-order valence-corrected chi connectivity index (χ0v) is 7.15. The molecule has 0 aliphatic rings. The molecule has 0 aliphatic carbocycles. The second kappa shape index (κ2) is 5.06. The van der Waals surface area contributed by atoms with Gasteiger partial charge in [-0.25, -0.2) is 0 Å². The van der Waals surface area contributed by atoms with Crippen LogP contribution in [-0.2, 0) is 4.79 Å². The number of halogens is 2. The largest absolute Gasteiger partial charge is 0.480 e. The standard InChI is InChI=1S/C5H8BrClO2/c6-4(5(8)9)2-1-3-7/h4H,1-3H2,(H,8,9). The molecule has 0 aliphatic heterocycles. The van der Waals surface area contributed by atoms with E-state index in [2.05, 4.69) is 15.9 Å². The van der Waals surface area contributed by atoms with Crippen molar-refractivity contribution in [3.05, 3.63) is 0 Å². The summed E-state index contributed by atoms with van der Waals surface area (Å²) in [6.07, 6.45) is 1.34. The Morgan fingerprint density at radius 2 is 2.33 bits per heavy atom. The minimum atomic E-state index is -0.819. The normalized spacial score (nSPS) is 13.1. The summed E-state index contributed by atoms with van der Waals surface area (Å²) in [7, 11) is 0. The lowest BCUT2D eigenvalue weighted by Crippen LogP contribution is -2.12. The van der Waals surface area contributed by atoms with Crippen LogP contribution < -0.4 is 0 Å². The van der Waals surface area contributed by atoms with E-state index < -0.39 is 10.8 Å². The molecule has 0 fully saturated rings. The van der Waals surface area contributed by atoms with E-state index in [0.717, 1.165) is 6.42 Å². The first-order chi connectivity index (χ1) is 4.18. The van der Waals surface area contributed by atoms with E-state index in [1.54, 1.807) is 0 Å². The fourth-order valence-corrected chi connectivity index (χ4v) is 0.858. The molecule has 1 N–H and O–H groups in total. The predicted molar refractivity (Wildman–Crippen MR) is 40.3 cm³/mol. The summed E-state index contributed by atoms with van der Waals surface area (Å²) < 4.78 is 0. The van der Waals surface area contributed by atoms with Crippen molar-refractivity contribution >= 4 is 33.5 Å². The summed E-state index contributed by atoms with van der Waals surface area (Å²) in [6, 6.07) is 0. The molecule has 0 heterocycles. The molecule has 0 rings (SSSR count). The van der Waals surface area contributed by atoms with Crippen LogP contribution in [0.3, 0.4) is 0 Å². The summed E-state index contributed by atoms with van der Waals surface area (Å²) >= 11 is 8.32. The van der Waals surface area contributed by atoms with Gasteiger partial charge in [0.2, 0.25) is 0 Å². The highest BCUT2D eigenvalue weighted by atomic mass is 79.9. The van der Waals surface area contributed by atoms with Gasteiger partial charge in [0.25, 0.3) is 0 Å². The van der Waals surface area contributed by atoms with Crippen molar-refractivity contribution in [2.45, 2.75) is 17.7 Å². The van der Waals surface area contributed by atoms with Gasteiger partial charge in [0.1, 0.15) is 4.83 Å². The van der Waals surface area contributed by atoms with E-state index in [4.69, 9.17) is 16.7 Å². The molecule has 0 amide bonds.